The molecule has 2 heterocycles. The van der Waals surface area contributed by atoms with Gasteiger partial charge in [0, 0.05) is 12.8 Å². The van der Waals surface area contributed by atoms with Gasteiger partial charge in [0.2, 0.25) is 0 Å². The third-order valence-corrected chi connectivity index (χ3v) is 3.46. The molecule has 1 N–H and O–H groups in total. The van der Waals surface area contributed by atoms with Crippen molar-refractivity contribution in [3.05, 3.63) is 46.9 Å². The van der Waals surface area contributed by atoms with Gasteiger partial charge in [-0.05, 0) is 29.8 Å². The second-order valence-corrected chi connectivity index (χ2v) is 5.09. The molecule has 1 aliphatic rings. The lowest BCUT2D eigenvalue weighted by molar-refractivity contribution is 0.170. The summed E-state index contributed by atoms with van der Waals surface area (Å²) in [7, 11) is 0. The van der Waals surface area contributed by atoms with Gasteiger partial charge < -0.3 is 19.0 Å². The van der Waals surface area contributed by atoms with Crippen molar-refractivity contribution in [1.29, 1.82) is 0 Å². The number of rotatable bonds is 3. The molecule has 0 saturated heterocycles. The number of hydrogen-bond acceptors (Lipinski definition) is 4. The Morgan fingerprint density at radius 2 is 2.10 bits per heavy atom. The monoisotopic (exact) mass is 294 g/mol. The third-order valence-electron chi connectivity index (χ3n) is 3.18. The largest absolute Gasteiger partial charge is 0.489 e. The van der Waals surface area contributed by atoms with Gasteiger partial charge in [-0.1, -0.05) is 11.6 Å². The van der Waals surface area contributed by atoms with E-state index >= 15 is 0 Å². The average Bonchev–Trinajstić information content (AvgIpc) is 2.81. The van der Waals surface area contributed by atoms with Gasteiger partial charge in [-0.2, -0.15) is 0 Å². The Kier molecular flexibility index (Phi) is 3.85. The number of aliphatic hydroxyl groups excluding tert-OH is 1. The Hall–Kier alpha value is -1.65. The van der Waals surface area contributed by atoms with E-state index in [0.29, 0.717) is 41.7 Å². The van der Waals surface area contributed by atoms with Crippen LogP contribution in [0, 0.1) is 0 Å². The molecule has 1 aromatic heterocycles. The van der Waals surface area contributed by atoms with Crippen LogP contribution in [-0.2, 0) is 6.42 Å². The molecule has 0 amide bonds. The molecule has 0 fully saturated rings. The number of furan rings is 1. The van der Waals surface area contributed by atoms with Crippen molar-refractivity contribution in [1.82, 2.24) is 0 Å². The molecule has 1 aromatic carbocycles. The number of halogens is 1. The molecule has 1 aliphatic heterocycles. The minimum atomic E-state index is -0.698. The van der Waals surface area contributed by atoms with Crippen LogP contribution in [0.5, 0.6) is 11.5 Å². The molecule has 4 nitrogen and oxygen atoms in total. The number of benzene rings is 1. The van der Waals surface area contributed by atoms with Crippen molar-refractivity contribution in [2.75, 3.05) is 13.2 Å². The highest BCUT2D eigenvalue weighted by Gasteiger charge is 2.19. The van der Waals surface area contributed by atoms with Crippen LogP contribution in [0.1, 0.15) is 23.8 Å². The highest BCUT2D eigenvalue weighted by atomic mass is 35.5. The Morgan fingerprint density at radius 1 is 1.25 bits per heavy atom. The summed E-state index contributed by atoms with van der Waals surface area (Å²) in [6, 6.07) is 7.11. The predicted molar refractivity (Wildman–Crippen MR) is 74.4 cm³/mol. The quantitative estimate of drug-likeness (QED) is 0.943. The fraction of sp³-hybridized carbons (Fsp3) is 0.333. The maximum Gasteiger partial charge on any atom is 0.179 e. The van der Waals surface area contributed by atoms with Crippen molar-refractivity contribution in [3.63, 3.8) is 0 Å². The molecule has 3 rings (SSSR count). The molecule has 0 bridgehead atoms. The molecular weight excluding hydrogens is 280 g/mol. The predicted octanol–water partition coefficient (Wildman–Crippen LogP) is 3.37. The Balaban J connectivity index is 1.86. The van der Waals surface area contributed by atoms with Gasteiger partial charge in [-0.15, -0.1) is 0 Å². The summed E-state index contributed by atoms with van der Waals surface area (Å²) in [5, 5.41) is 10.7. The van der Waals surface area contributed by atoms with Crippen molar-refractivity contribution >= 4 is 11.6 Å². The van der Waals surface area contributed by atoms with Gasteiger partial charge >= 0.3 is 0 Å². The average molecular weight is 295 g/mol. The summed E-state index contributed by atoms with van der Waals surface area (Å²) in [6.45, 7) is 1.17. The summed E-state index contributed by atoms with van der Waals surface area (Å²) >= 11 is 6.21. The number of hydrogen-bond donors (Lipinski definition) is 1. The van der Waals surface area contributed by atoms with Crippen LogP contribution in [0.3, 0.4) is 0 Å². The van der Waals surface area contributed by atoms with E-state index in [-0.39, 0.29) is 0 Å². The molecule has 0 radical (unpaired) electrons. The van der Waals surface area contributed by atoms with Crippen molar-refractivity contribution < 1.29 is 19.0 Å². The number of fused-ring (bicyclic) bond motifs is 1. The zero-order chi connectivity index (χ0) is 13.9. The van der Waals surface area contributed by atoms with E-state index in [2.05, 4.69) is 0 Å². The van der Waals surface area contributed by atoms with Gasteiger partial charge in [-0.3, -0.25) is 0 Å². The second-order valence-electron chi connectivity index (χ2n) is 4.68. The highest BCUT2D eigenvalue weighted by Crippen LogP contribution is 2.39. The molecule has 0 spiro atoms. The van der Waals surface area contributed by atoms with Crippen LogP contribution in [0.15, 0.2) is 34.9 Å². The zero-order valence-electron chi connectivity index (χ0n) is 10.8. The van der Waals surface area contributed by atoms with Crippen molar-refractivity contribution in [2.45, 2.75) is 18.9 Å². The number of aliphatic hydroxyl groups is 1. The van der Waals surface area contributed by atoms with Gasteiger partial charge in [0.05, 0.1) is 30.6 Å². The summed E-state index contributed by atoms with van der Waals surface area (Å²) in [4.78, 5) is 0. The van der Waals surface area contributed by atoms with Gasteiger partial charge in [0.1, 0.15) is 5.76 Å². The van der Waals surface area contributed by atoms with Crippen LogP contribution in [-0.4, -0.2) is 18.3 Å². The molecule has 0 aliphatic carbocycles. The van der Waals surface area contributed by atoms with E-state index in [1.165, 1.54) is 0 Å². The lowest BCUT2D eigenvalue weighted by atomic mass is 10.0. The SMILES string of the molecule is OC(Cc1ccco1)c1cc(Cl)c2c(c1)OCCCO2. The first-order chi connectivity index (χ1) is 9.74. The maximum atomic E-state index is 10.3. The Morgan fingerprint density at radius 3 is 2.90 bits per heavy atom. The Labute approximate surface area is 121 Å². The molecule has 20 heavy (non-hydrogen) atoms. The molecule has 2 aromatic rings. The molecule has 106 valence electrons. The fourth-order valence-corrected chi connectivity index (χ4v) is 2.45. The first-order valence-corrected chi connectivity index (χ1v) is 6.91. The van der Waals surface area contributed by atoms with Crippen LogP contribution in [0.2, 0.25) is 5.02 Å². The normalized spacial score (nSPS) is 15.7. The standard InChI is InChI=1S/C15H15ClO4/c16-12-7-10(13(17)9-11-3-1-4-18-11)8-14-15(12)20-6-2-5-19-14/h1,3-4,7-8,13,17H,2,5-6,9H2. The van der Waals surface area contributed by atoms with Crippen LogP contribution < -0.4 is 9.47 Å². The van der Waals surface area contributed by atoms with E-state index in [9.17, 15) is 5.11 Å². The van der Waals surface area contributed by atoms with Crippen LogP contribution >= 0.6 is 11.6 Å². The van der Waals surface area contributed by atoms with E-state index in [1.54, 1.807) is 24.5 Å². The molecule has 5 heteroatoms. The molecular formula is C15H15ClO4. The third kappa shape index (κ3) is 2.76. The minimum Gasteiger partial charge on any atom is -0.489 e. The first kappa shape index (κ1) is 13.3. The Bertz CT molecular complexity index is 580. The summed E-state index contributed by atoms with van der Waals surface area (Å²) in [6.07, 6.45) is 2.09. The van der Waals surface area contributed by atoms with Gasteiger partial charge in [-0.25, -0.2) is 0 Å². The van der Waals surface area contributed by atoms with Crippen LogP contribution in [0.25, 0.3) is 0 Å². The lowest BCUT2D eigenvalue weighted by Crippen LogP contribution is -2.02. The summed E-state index contributed by atoms with van der Waals surface area (Å²) in [5.74, 6) is 1.86. The lowest BCUT2D eigenvalue weighted by Gasteiger charge is -2.14. The first-order valence-electron chi connectivity index (χ1n) is 6.53. The molecule has 0 saturated carbocycles. The maximum absolute atomic E-state index is 10.3. The van der Waals surface area contributed by atoms with E-state index in [4.69, 9.17) is 25.5 Å². The van der Waals surface area contributed by atoms with Crippen molar-refractivity contribution in [3.8, 4) is 11.5 Å². The minimum absolute atomic E-state index is 0.392. The van der Waals surface area contributed by atoms with E-state index in [0.717, 1.165) is 12.2 Å². The summed E-state index contributed by atoms with van der Waals surface area (Å²) in [5.41, 5.74) is 0.690. The highest BCUT2D eigenvalue weighted by molar-refractivity contribution is 6.32. The topological polar surface area (TPSA) is 51.8 Å². The van der Waals surface area contributed by atoms with Gasteiger partial charge in [0.25, 0.3) is 0 Å². The van der Waals surface area contributed by atoms with Crippen LogP contribution in [0.4, 0.5) is 0 Å². The van der Waals surface area contributed by atoms with E-state index < -0.39 is 6.10 Å². The van der Waals surface area contributed by atoms with Crippen molar-refractivity contribution in [2.24, 2.45) is 0 Å². The second kappa shape index (κ2) is 5.77. The smallest absolute Gasteiger partial charge is 0.179 e. The molecule has 1 atom stereocenters. The fourth-order valence-electron chi connectivity index (χ4n) is 2.18. The summed E-state index contributed by atoms with van der Waals surface area (Å²) < 4.78 is 16.4. The van der Waals surface area contributed by atoms with E-state index in [1.807, 2.05) is 6.07 Å². The number of ether oxygens (including phenoxy) is 2. The zero-order valence-corrected chi connectivity index (χ0v) is 11.6. The van der Waals surface area contributed by atoms with Gasteiger partial charge in [0.15, 0.2) is 11.5 Å². The molecule has 1 unspecified atom stereocenters.